The van der Waals surface area contributed by atoms with E-state index in [0.29, 0.717) is 10.6 Å². The van der Waals surface area contributed by atoms with E-state index in [4.69, 9.17) is 11.6 Å². The van der Waals surface area contributed by atoms with Crippen LogP contribution in [0.5, 0.6) is 0 Å². The SMILES string of the molecule is CCOC(=O)NNC(=O)Cc1ccccc1Cl. The summed E-state index contributed by atoms with van der Waals surface area (Å²) in [7, 11) is 0. The van der Waals surface area contributed by atoms with Crippen LogP contribution >= 0.6 is 11.6 Å². The second kappa shape index (κ2) is 6.75. The molecule has 1 rings (SSSR count). The Kier molecular flexibility index (Phi) is 5.29. The van der Waals surface area contributed by atoms with Gasteiger partial charge < -0.3 is 4.74 Å². The minimum absolute atomic E-state index is 0.0894. The molecular weight excluding hydrogens is 244 g/mol. The van der Waals surface area contributed by atoms with Crippen molar-refractivity contribution in [1.29, 1.82) is 0 Å². The molecule has 2 N–H and O–H groups in total. The zero-order chi connectivity index (χ0) is 12.7. The van der Waals surface area contributed by atoms with E-state index in [0.717, 1.165) is 0 Å². The summed E-state index contributed by atoms with van der Waals surface area (Å²) in [6.07, 6.45) is -0.605. The van der Waals surface area contributed by atoms with Crippen molar-refractivity contribution in [2.45, 2.75) is 13.3 Å². The van der Waals surface area contributed by atoms with E-state index in [-0.39, 0.29) is 18.9 Å². The number of hydrogen-bond acceptors (Lipinski definition) is 3. The molecule has 2 amide bonds. The number of ether oxygens (including phenoxy) is 1. The van der Waals surface area contributed by atoms with Crippen molar-refractivity contribution in [3.8, 4) is 0 Å². The average molecular weight is 257 g/mol. The summed E-state index contributed by atoms with van der Waals surface area (Å²) in [6.45, 7) is 1.91. The number of nitrogens with one attached hydrogen (secondary N) is 2. The molecule has 0 bridgehead atoms. The number of hydrazine groups is 1. The van der Waals surface area contributed by atoms with Gasteiger partial charge in [0.15, 0.2) is 0 Å². The standard InChI is InChI=1S/C11H13ClN2O3/c1-2-17-11(16)14-13-10(15)7-8-5-3-4-6-9(8)12/h3-6H,2,7H2,1H3,(H,13,15)(H,14,16). The summed E-state index contributed by atoms with van der Waals surface area (Å²) in [4.78, 5) is 22.3. The van der Waals surface area contributed by atoms with Crippen molar-refractivity contribution < 1.29 is 14.3 Å². The molecule has 0 radical (unpaired) electrons. The third-order valence-corrected chi connectivity index (χ3v) is 2.26. The molecule has 0 aromatic heterocycles. The minimum atomic E-state index is -0.694. The molecule has 0 saturated heterocycles. The predicted octanol–water partition coefficient (Wildman–Crippen LogP) is 1.66. The summed E-state index contributed by atoms with van der Waals surface area (Å²) in [5, 5.41) is 0.513. The molecule has 0 unspecified atom stereocenters. The third kappa shape index (κ3) is 4.74. The van der Waals surface area contributed by atoms with Gasteiger partial charge in [-0.25, -0.2) is 10.2 Å². The van der Waals surface area contributed by atoms with Crippen molar-refractivity contribution in [1.82, 2.24) is 10.9 Å². The molecule has 0 aliphatic rings. The Bertz CT molecular complexity index is 409. The van der Waals surface area contributed by atoms with Crippen LogP contribution in [0.1, 0.15) is 12.5 Å². The van der Waals surface area contributed by atoms with Gasteiger partial charge in [0, 0.05) is 5.02 Å². The van der Waals surface area contributed by atoms with Gasteiger partial charge in [-0.1, -0.05) is 29.8 Å². The van der Waals surface area contributed by atoms with Crippen LogP contribution < -0.4 is 10.9 Å². The van der Waals surface area contributed by atoms with Gasteiger partial charge in [0.1, 0.15) is 0 Å². The maximum atomic E-state index is 11.4. The normalized spacial score (nSPS) is 9.53. The Morgan fingerprint density at radius 3 is 2.65 bits per heavy atom. The first-order chi connectivity index (χ1) is 8.13. The molecule has 6 heteroatoms. The highest BCUT2D eigenvalue weighted by molar-refractivity contribution is 6.31. The predicted molar refractivity (Wildman–Crippen MR) is 63.5 cm³/mol. The van der Waals surface area contributed by atoms with Crippen LogP contribution in [0.25, 0.3) is 0 Å². The van der Waals surface area contributed by atoms with Gasteiger partial charge in [-0.3, -0.25) is 10.2 Å². The van der Waals surface area contributed by atoms with Gasteiger partial charge in [0.2, 0.25) is 5.91 Å². The maximum absolute atomic E-state index is 11.4. The van der Waals surface area contributed by atoms with Gasteiger partial charge in [0.25, 0.3) is 0 Å². The Morgan fingerprint density at radius 2 is 2.00 bits per heavy atom. The summed E-state index contributed by atoms with van der Waals surface area (Å²) < 4.78 is 4.58. The van der Waals surface area contributed by atoms with E-state index in [1.165, 1.54) is 0 Å². The average Bonchev–Trinajstić information content (AvgIpc) is 2.30. The van der Waals surface area contributed by atoms with E-state index in [2.05, 4.69) is 15.6 Å². The highest BCUT2D eigenvalue weighted by atomic mass is 35.5. The fraction of sp³-hybridized carbons (Fsp3) is 0.273. The van der Waals surface area contributed by atoms with Gasteiger partial charge >= 0.3 is 6.09 Å². The van der Waals surface area contributed by atoms with E-state index < -0.39 is 6.09 Å². The molecule has 0 aliphatic carbocycles. The first-order valence-electron chi connectivity index (χ1n) is 5.08. The Hall–Kier alpha value is -1.75. The third-order valence-electron chi connectivity index (χ3n) is 1.89. The molecule has 0 spiro atoms. The largest absolute Gasteiger partial charge is 0.449 e. The Balaban J connectivity index is 2.40. The van der Waals surface area contributed by atoms with Gasteiger partial charge in [-0.2, -0.15) is 0 Å². The summed E-state index contributed by atoms with van der Waals surface area (Å²) in [5.74, 6) is -0.369. The highest BCUT2D eigenvalue weighted by Gasteiger charge is 2.07. The number of hydrogen-bond donors (Lipinski definition) is 2. The molecular formula is C11H13ClN2O3. The Morgan fingerprint density at radius 1 is 1.29 bits per heavy atom. The smallest absolute Gasteiger partial charge is 0.426 e. The first-order valence-corrected chi connectivity index (χ1v) is 5.46. The van der Waals surface area contributed by atoms with E-state index >= 15 is 0 Å². The molecule has 0 saturated carbocycles. The van der Waals surface area contributed by atoms with Crippen molar-refractivity contribution >= 4 is 23.6 Å². The first kappa shape index (κ1) is 13.3. The van der Waals surface area contributed by atoms with Crippen LogP contribution in [-0.4, -0.2) is 18.6 Å². The van der Waals surface area contributed by atoms with E-state index in [9.17, 15) is 9.59 Å². The van der Waals surface area contributed by atoms with Crippen molar-refractivity contribution in [3.05, 3.63) is 34.9 Å². The summed E-state index contributed by atoms with van der Waals surface area (Å²) >= 11 is 5.89. The molecule has 5 nitrogen and oxygen atoms in total. The van der Waals surface area contributed by atoms with Crippen molar-refractivity contribution in [2.24, 2.45) is 0 Å². The molecule has 0 heterocycles. The molecule has 0 fully saturated rings. The van der Waals surface area contributed by atoms with Crippen LogP contribution in [0, 0.1) is 0 Å². The Labute approximate surface area is 104 Å². The molecule has 1 aromatic rings. The zero-order valence-electron chi connectivity index (χ0n) is 9.33. The second-order valence-corrected chi connectivity index (χ2v) is 3.57. The second-order valence-electron chi connectivity index (χ2n) is 3.16. The fourth-order valence-electron chi connectivity index (χ4n) is 1.15. The fourth-order valence-corrected chi connectivity index (χ4v) is 1.35. The zero-order valence-corrected chi connectivity index (χ0v) is 10.1. The number of rotatable bonds is 3. The topological polar surface area (TPSA) is 67.4 Å². The van der Waals surface area contributed by atoms with Crippen LogP contribution in [0.3, 0.4) is 0 Å². The number of benzene rings is 1. The lowest BCUT2D eigenvalue weighted by molar-refractivity contribution is -0.121. The van der Waals surface area contributed by atoms with Crippen LogP contribution in [-0.2, 0) is 16.0 Å². The highest BCUT2D eigenvalue weighted by Crippen LogP contribution is 2.14. The lowest BCUT2D eigenvalue weighted by atomic mass is 10.1. The lowest BCUT2D eigenvalue weighted by Crippen LogP contribution is -2.42. The lowest BCUT2D eigenvalue weighted by Gasteiger charge is -2.07. The monoisotopic (exact) mass is 256 g/mol. The van der Waals surface area contributed by atoms with E-state index in [1.54, 1.807) is 31.2 Å². The quantitative estimate of drug-likeness (QED) is 0.809. The van der Waals surface area contributed by atoms with Crippen molar-refractivity contribution in [2.75, 3.05) is 6.61 Å². The number of carbonyl (C=O) groups excluding carboxylic acids is 2. The number of amides is 2. The number of carbonyl (C=O) groups is 2. The molecule has 0 aliphatic heterocycles. The van der Waals surface area contributed by atoms with Crippen LogP contribution in [0.4, 0.5) is 4.79 Å². The molecule has 92 valence electrons. The van der Waals surface area contributed by atoms with Crippen LogP contribution in [0.2, 0.25) is 5.02 Å². The van der Waals surface area contributed by atoms with Gasteiger partial charge in [-0.05, 0) is 18.6 Å². The van der Waals surface area contributed by atoms with Gasteiger partial charge in [-0.15, -0.1) is 0 Å². The summed E-state index contributed by atoms with van der Waals surface area (Å²) in [6, 6.07) is 7.00. The summed E-state index contributed by atoms with van der Waals surface area (Å²) in [5.41, 5.74) is 5.03. The molecule has 0 atom stereocenters. The maximum Gasteiger partial charge on any atom is 0.426 e. The molecule has 1 aromatic carbocycles. The van der Waals surface area contributed by atoms with Gasteiger partial charge in [0.05, 0.1) is 13.0 Å². The molecule has 17 heavy (non-hydrogen) atoms. The number of halogens is 1. The van der Waals surface area contributed by atoms with Crippen LogP contribution in [0.15, 0.2) is 24.3 Å². The minimum Gasteiger partial charge on any atom is -0.449 e. The van der Waals surface area contributed by atoms with E-state index in [1.807, 2.05) is 0 Å². The van der Waals surface area contributed by atoms with Crippen molar-refractivity contribution in [3.63, 3.8) is 0 Å².